The van der Waals surface area contributed by atoms with E-state index in [0.717, 1.165) is 18.4 Å². The Labute approximate surface area is 139 Å². The number of aryl methyl sites for hydroxylation is 1. The lowest BCUT2D eigenvalue weighted by Crippen LogP contribution is -2.04. The normalized spacial score (nSPS) is 12.4. The molecule has 23 heavy (non-hydrogen) atoms. The van der Waals surface area contributed by atoms with Crippen LogP contribution in [-0.2, 0) is 10.1 Å². The Balaban J connectivity index is 0.000000422. The van der Waals surface area contributed by atoms with E-state index in [-0.39, 0.29) is 11.5 Å². The van der Waals surface area contributed by atoms with Gasteiger partial charge in [0.05, 0.1) is 11.5 Å². The number of halogens is 1. The SMILES string of the molecule is CCCCCCCCC(F)CO.Cc1ccc(S(=O)(=O)O)cc1. The fraction of sp³-hybridized carbons (Fsp3) is 0.647. The molecule has 0 spiro atoms. The van der Waals surface area contributed by atoms with Gasteiger partial charge < -0.3 is 5.11 Å². The van der Waals surface area contributed by atoms with Gasteiger partial charge in [-0.15, -0.1) is 0 Å². The summed E-state index contributed by atoms with van der Waals surface area (Å²) in [5.74, 6) is 0. The molecule has 0 aliphatic rings. The standard InChI is InChI=1S/C10H21FO.C7H8O3S/c1-2-3-4-5-6-7-8-10(11)9-12;1-6-2-4-7(5-3-6)11(8,9)10/h10,12H,2-9H2,1H3;2-5H,1H3,(H,8,9,10). The number of unbranched alkanes of at least 4 members (excludes halogenated alkanes) is 5. The summed E-state index contributed by atoms with van der Waals surface area (Å²) >= 11 is 0. The van der Waals surface area contributed by atoms with E-state index >= 15 is 0 Å². The molecule has 0 saturated carbocycles. The number of rotatable bonds is 9. The Morgan fingerprint density at radius 2 is 1.57 bits per heavy atom. The minimum atomic E-state index is -4.02. The zero-order valence-corrected chi connectivity index (χ0v) is 14.9. The maximum absolute atomic E-state index is 12.5. The van der Waals surface area contributed by atoms with Gasteiger partial charge in [-0.05, 0) is 25.5 Å². The first kappa shape index (κ1) is 22.0. The Bertz CT molecular complexity index is 500. The Hall–Kier alpha value is -0.980. The van der Waals surface area contributed by atoms with Crippen LogP contribution in [0.5, 0.6) is 0 Å². The summed E-state index contributed by atoms with van der Waals surface area (Å²) in [7, 11) is -4.02. The van der Waals surface area contributed by atoms with Crippen molar-refractivity contribution in [1.29, 1.82) is 0 Å². The van der Waals surface area contributed by atoms with Crippen LogP contribution in [0.4, 0.5) is 4.39 Å². The second-order valence-electron chi connectivity index (χ2n) is 5.62. The van der Waals surface area contributed by atoms with Crippen LogP contribution in [0.25, 0.3) is 0 Å². The highest BCUT2D eigenvalue weighted by Gasteiger charge is 2.06. The minimum absolute atomic E-state index is 0.0666. The number of aliphatic hydroxyl groups excluding tert-OH is 1. The molecule has 0 fully saturated rings. The van der Waals surface area contributed by atoms with Gasteiger partial charge in [0.2, 0.25) is 0 Å². The lowest BCUT2D eigenvalue weighted by molar-refractivity contribution is 0.167. The van der Waals surface area contributed by atoms with Gasteiger partial charge >= 0.3 is 0 Å². The molecule has 6 heteroatoms. The van der Waals surface area contributed by atoms with Gasteiger partial charge in [-0.3, -0.25) is 4.55 Å². The van der Waals surface area contributed by atoms with Crippen molar-refractivity contribution in [3.8, 4) is 0 Å². The summed E-state index contributed by atoms with van der Waals surface area (Å²) in [4.78, 5) is -0.0666. The quantitative estimate of drug-likeness (QED) is 0.515. The maximum Gasteiger partial charge on any atom is 0.294 e. The molecule has 1 atom stereocenters. The van der Waals surface area contributed by atoms with E-state index < -0.39 is 16.3 Å². The van der Waals surface area contributed by atoms with E-state index in [4.69, 9.17) is 9.66 Å². The van der Waals surface area contributed by atoms with E-state index in [1.807, 2.05) is 6.92 Å². The van der Waals surface area contributed by atoms with E-state index in [9.17, 15) is 12.8 Å². The molecule has 0 amide bonds. The number of alkyl halides is 1. The number of aliphatic hydroxyl groups is 1. The second-order valence-corrected chi connectivity index (χ2v) is 7.05. The van der Waals surface area contributed by atoms with Crippen LogP contribution in [0.15, 0.2) is 29.2 Å². The molecule has 2 N–H and O–H groups in total. The van der Waals surface area contributed by atoms with Crippen molar-refractivity contribution in [2.45, 2.75) is 69.9 Å². The molecule has 0 aliphatic heterocycles. The van der Waals surface area contributed by atoms with Crippen molar-refractivity contribution >= 4 is 10.1 Å². The van der Waals surface area contributed by atoms with Gasteiger partial charge in [0.15, 0.2) is 0 Å². The molecule has 4 nitrogen and oxygen atoms in total. The van der Waals surface area contributed by atoms with Crippen LogP contribution < -0.4 is 0 Å². The monoisotopic (exact) mass is 348 g/mol. The topological polar surface area (TPSA) is 74.6 Å². The van der Waals surface area contributed by atoms with Crippen molar-refractivity contribution in [3.63, 3.8) is 0 Å². The summed E-state index contributed by atoms with van der Waals surface area (Å²) in [6, 6.07) is 5.99. The molecular weight excluding hydrogens is 319 g/mol. The minimum Gasteiger partial charge on any atom is -0.393 e. The van der Waals surface area contributed by atoms with E-state index in [1.165, 1.54) is 37.8 Å². The van der Waals surface area contributed by atoms with Gasteiger partial charge in [-0.25, -0.2) is 4.39 Å². The van der Waals surface area contributed by atoms with Gasteiger partial charge in [0.1, 0.15) is 6.17 Å². The second kappa shape index (κ2) is 12.4. The molecule has 0 saturated heterocycles. The van der Waals surface area contributed by atoms with Crippen LogP contribution in [-0.4, -0.2) is 30.9 Å². The third-order valence-electron chi connectivity index (χ3n) is 3.39. The van der Waals surface area contributed by atoms with E-state index in [0.29, 0.717) is 6.42 Å². The summed E-state index contributed by atoms with van der Waals surface area (Å²) in [5, 5.41) is 8.40. The summed E-state index contributed by atoms with van der Waals surface area (Å²) < 4.78 is 42.0. The zero-order valence-electron chi connectivity index (χ0n) is 14.0. The Morgan fingerprint density at radius 1 is 1.04 bits per heavy atom. The Morgan fingerprint density at radius 3 is 2.04 bits per heavy atom. The molecular formula is C17H29FO4S. The molecule has 1 aromatic rings. The van der Waals surface area contributed by atoms with Gasteiger partial charge in [-0.2, -0.15) is 8.42 Å². The molecule has 0 radical (unpaired) electrons. The van der Waals surface area contributed by atoms with Crippen LogP contribution in [0.2, 0.25) is 0 Å². The number of benzene rings is 1. The highest BCUT2D eigenvalue weighted by Crippen LogP contribution is 2.10. The molecule has 134 valence electrons. The molecule has 1 rings (SSSR count). The van der Waals surface area contributed by atoms with Crippen LogP contribution in [0, 0.1) is 6.92 Å². The highest BCUT2D eigenvalue weighted by molar-refractivity contribution is 7.85. The smallest absolute Gasteiger partial charge is 0.294 e. The van der Waals surface area contributed by atoms with Crippen LogP contribution in [0.3, 0.4) is 0 Å². The lowest BCUT2D eigenvalue weighted by Gasteiger charge is -2.03. The lowest BCUT2D eigenvalue weighted by atomic mass is 10.1. The molecule has 1 unspecified atom stereocenters. The zero-order chi connectivity index (χ0) is 17.7. The predicted molar refractivity (Wildman–Crippen MR) is 91.0 cm³/mol. The summed E-state index contributed by atoms with van der Waals surface area (Å²) in [5.41, 5.74) is 0.956. The van der Waals surface area contributed by atoms with Crippen molar-refractivity contribution in [3.05, 3.63) is 29.8 Å². The summed E-state index contributed by atoms with van der Waals surface area (Å²) in [6.45, 7) is 3.71. The largest absolute Gasteiger partial charge is 0.393 e. The van der Waals surface area contributed by atoms with Gasteiger partial charge in [-0.1, -0.05) is 63.1 Å². The van der Waals surface area contributed by atoms with Crippen molar-refractivity contribution < 1.29 is 22.5 Å². The first-order valence-electron chi connectivity index (χ1n) is 8.10. The third-order valence-corrected chi connectivity index (χ3v) is 4.26. The average Bonchev–Trinajstić information content (AvgIpc) is 2.50. The van der Waals surface area contributed by atoms with Crippen molar-refractivity contribution in [2.24, 2.45) is 0 Å². The fourth-order valence-corrected chi connectivity index (χ4v) is 2.43. The van der Waals surface area contributed by atoms with Crippen LogP contribution in [0.1, 0.15) is 57.4 Å². The highest BCUT2D eigenvalue weighted by atomic mass is 32.2. The summed E-state index contributed by atoms with van der Waals surface area (Å²) in [6.07, 6.45) is 6.60. The third kappa shape index (κ3) is 12.1. The van der Waals surface area contributed by atoms with Crippen molar-refractivity contribution in [2.75, 3.05) is 6.61 Å². The van der Waals surface area contributed by atoms with E-state index in [2.05, 4.69) is 6.92 Å². The molecule has 0 aromatic heterocycles. The first-order chi connectivity index (χ1) is 10.8. The molecule has 0 heterocycles. The average molecular weight is 348 g/mol. The van der Waals surface area contributed by atoms with Crippen LogP contribution >= 0.6 is 0 Å². The maximum atomic E-state index is 12.5. The Kier molecular flexibility index (Phi) is 11.9. The molecule has 0 bridgehead atoms. The number of hydrogen-bond acceptors (Lipinski definition) is 3. The fourth-order valence-electron chi connectivity index (χ4n) is 1.95. The number of hydrogen-bond donors (Lipinski definition) is 2. The van der Waals surface area contributed by atoms with E-state index in [1.54, 1.807) is 12.1 Å². The van der Waals surface area contributed by atoms with Gasteiger partial charge in [0, 0.05) is 0 Å². The first-order valence-corrected chi connectivity index (χ1v) is 9.54. The predicted octanol–water partition coefficient (Wildman–Crippen LogP) is 4.31. The van der Waals surface area contributed by atoms with Gasteiger partial charge in [0.25, 0.3) is 10.1 Å². The van der Waals surface area contributed by atoms with Crippen molar-refractivity contribution in [1.82, 2.24) is 0 Å². The molecule has 0 aliphatic carbocycles. The molecule has 1 aromatic carbocycles.